The molecule has 1 N–H and O–H groups in total. The van der Waals surface area contributed by atoms with Gasteiger partial charge in [0.2, 0.25) is 0 Å². The summed E-state index contributed by atoms with van der Waals surface area (Å²) in [7, 11) is -0.615. The molecule has 0 spiro atoms. The number of ether oxygens (including phenoxy) is 1. The molecule has 0 aliphatic carbocycles. The second kappa shape index (κ2) is 9.47. The summed E-state index contributed by atoms with van der Waals surface area (Å²) >= 11 is 6.40. The van der Waals surface area contributed by atoms with Gasteiger partial charge in [-0.25, -0.2) is 4.79 Å². The fraction of sp³-hybridized carbons (Fsp3) is 0.375. The van der Waals surface area contributed by atoms with E-state index >= 15 is 0 Å². The summed E-state index contributed by atoms with van der Waals surface area (Å²) in [6, 6.07) is 15.3. The second-order valence-corrected chi connectivity index (χ2v) is 9.15. The fourth-order valence-electron chi connectivity index (χ4n) is 3.12. The van der Waals surface area contributed by atoms with Gasteiger partial charge in [-0.05, 0) is 57.3 Å². The van der Waals surface area contributed by atoms with E-state index in [4.69, 9.17) is 25.6 Å². The van der Waals surface area contributed by atoms with Gasteiger partial charge >= 0.3 is 13.2 Å². The van der Waals surface area contributed by atoms with E-state index in [0.29, 0.717) is 5.02 Å². The lowest BCUT2D eigenvalue weighted by Gasteiger charge is -2.32. The number of carbonyl (C=O) groups excluding carboxylic acids is 1. The van der Waals surface area contributed by atoms with E-state index < -0.39 is 24.4 Å². The predicted octanol–water partition coefficient (Wildman–Crippen LogP) is 5.59. The lowest BCUT2D eigenvalue weighted by atomic mass is 9.77. The minimum Gasteiger partial charge on any atom is -0.445 e. The van der Waals surface area contributed by atoms with Crippen molar-refractivity contribution in [3.8, 4) is 0 Å². The number of aryl methyl sites for hydroxylation is 1. The van der Waals surface area contributed by atoms with Gasteiger partial charge in [0, 0.05) is 11.6 Å². The van der Waals surface area contributed by atoms with Gasteiger partial charge in [0.15, 0.2) is 0 Å². The molecule has 7 heteroatoms. The van der Waals surface area contributed by atoms with Crippen molar-refractivity contribution in [3.63, 3.8) is 0 Å². The highest BCUT2D eigenvalue weighted by Gasteiger charge is 2.52. The van der Waals surface area contributed by atoms with Crippen LogP contribution in [0.1, 0.15) is 44.4 Å². The number of alkyl carbamates (subject to hydrolysis) is 1. The molecule has 0 aromatic heterocycles. The Balaban J connectivity index is 1.75. The topological polar surface area (TPSA) is 56.8 Å². The molecular weight excluding hydrogens is 413 g/mol. The van der Waals surface area contributed by atoms with Crippen molar-refractivity contribution in [2.24, 2.45) is 0 Å². The third kappa shape index (κ3) is 5.91. The van der Waals surface area contributed by atoms with Crippen LogP contribution in [0.25, 0.3) is 6.08 Å². The van der Waals surface area contributed by atoms with Gasteiger partial charge in [-0.15, -0.1) is 0 Å². The van der Waals surface area contributed by atoms with E-state index in [1.807, 2.05) is 89.2 Å². The number of nitrogens with one attached hydrogen (secondary N) is 1. The van der Waals surface area contributed by atoms with E-state index in [-0.39, 0.29) is 13.2 Å². The van der Waals surface area contributed by atoms with Crippen LogP contribution in [-0.4, -0.2) is 31.0 Å². The third-order valence-electron chi connectivity index (χ3n) is 5.70. The van der Waals surface area contributed by atoms with Crippen molar-refractivity contribution in [2.75, 3.05) is 6.54 Å². The number of halogens is 1. The normalized spacial score (nSPS) is 17.5. The minimum atomic E-state index is -0.615. The molecular formula is C24H29BClNO4. The van der Waals surface area contributed by atoms with Gasteiger partial charge in [0.1, 0.15) is 6.61 Å². The van der Waals surface area contributed by atoms with Crippen molar-refractivity contribution >= 4 is 30.9 Å². The molecule has 2 aromatic rings. The van der Waals surface area contributed by atoms with Crippen LogP contribution in [0.4, 0.5) is 4.79 Å². The first-order valence-electron chi connectivity index (χ1n) is 10.3. The Morgan fingerprint density at radius 1 is 1.10 bits per heavy atom. The largest absolute Gasteiger partial charge is 0.492 e. The van der Waals surface area contributed by atoms with Gasteiger partial charge in [-0.1, -0.05) is 65.7 Å². The minimum absolute atomic E-state index is 0.200. The molecule has 31 heavy (non-hydrogen) atoms. The van der Waals surface area contributed by atoms with Gasteiger partial charge in [0.25, 0.3) is 0 Å². The summed E-state index contributed by atoms with van der Waals surface area (Å²) < 4.78 is 17.7. The Labute approximate surface area is 189 Å². The number of hydrogen-bond donors (Lipinski definition) is 1. The lowest BCUT2D eigenvalue weighted by molar-refractivity contribution is 0.00578. The SMILES string of the molecule is Cc1ccc(Cl)c(C=C(CNC(=O)OCc2ccccc2)B2OC(C)(C)C(C)(C)O2)c1. The van der Waals surface area contributed by atoms with Gasteiger partial charge in [-0.2, -0.15) is 0 Å². The zero-order chi connectivity index (χ0) is 22.6. The molecule has 0 radical (unpaired) electrons. The number of rotatable bonds is 6. The maximum absolute atomic E-state index is 12.3. The van der Waals surface area contributed by atoms with E-state index in [9.17, 15) is 4.79 Å². The van der Waals surface area contributed by atoms with Gasteiger partial charge in [0.05, 0.1) is 11.2 Å². The first-order valence-corrected chi connectivity index (χ1v) is 10.7. The highest BCUT2D eigenvalue weighted by atomic mass is 35.5. The Morgan fingerprint density at radius 3 is 2.39 bits per heavy atom. The first kappa shape index (κ1) is 23.4. The predicted molar refractivity (Wildman–Crippen MR) is 125 cm³/mol. The monoisotopic (exact) mass is 441 g/mol. The van der Waals surface area contributed by atoms with Crippen LogP contribution in [0.15, 0.2) is 54.0 Å². The van der Waals surface area contributed by atoms with Gasteiger partial charge < -0.3 is 19.4 Å². The molecule has 3 rings (SSSR count). The fourth-order valence-corrected chi connectivity index (χ4v) is 3.29. The third-order valence-corrected chi connectivity index (χ3v) is 6.04. The zero-order valence-electron chi connectivity index (χ0n) is 18.7. The summed E-state index contributed by atoms with van der Waals surface area (Å²) in [4.78, 5) is 12.3. The van der Waals surface area contributed by atoms with Crippen LogP contribution in [0, 0.1) is 6.92 Å². The van der Waals surface area contributed by atoms with Crippen LogP contribution in [-0.2, 0) is 20.7 Å². The van der Waals surface area contributed by atoms with E-state index in [1.54, 1.807) is 0 Å². The maximum atomic E-state index is 12.3. The van der Waals surface area contributed by atoms with Crippen molar-refractivity contribution in [3.05, 3.63) is 75.7 Å². The van der Waals surface area contributed by atoms with Crippen molar-refractivity contribution < 1.29 is 18.8 Å². The smallest absolute Gasteiger partial charge is 0.445 e. The Bertz CT molecular complexity index is 943. The maximum Gasteiger partial charge on any atom is 0.492 e. The van der Waals surface area contributed by atoms with Crippen LogP contribution < -0.4 is 5.32 Å². The molecule has 1 aliphatic heterocycles. The van der Waals surface area contributed by atoms with Crippen LogP contribution >= 0.6 is 11.6 Å². The molecule has 0 atom stereocenters. The molecule has 164 valence electrons. The second-order valence-electron chi connectivity index (χ2n) is 8.75. The summed E-state index contributed by atoms with van der Waals surface area (Å²) in [5.41, 5.74) is 2.60. The molecule has 1 saturated heterocycles. The number of benzene rings is 2. The molecule has 5 nitrogen and oxygen atoms in total. The van der Waals surface area contributed by atoms with Gasteiger partial charge in [-0.3, -0.25) is 0 Å². The summed E-state index contributed by atoms with van der Waals surface area (Å²) in [5, 5.41) is 3.42. The Hall–Kier alpha value is -2.28. The molecule has 2 aromatic carbocycles. The van der Waals surface area contributed by atoms with E-state index in [1.165, 1.54) is 0 Å². The highest BCUT2D eigenvalue weighted by molar-refractivity contribution is 6.56. The van der Waals surface area contributed by atoms with Crippen LogP contribution in [0.5, 0.6) is 0 Å². The summed E-state index contributed by atoms with van der Waals surface area (Å²) in [5.74, 6) is 0. The standard InChI is InChI=1S/C24H29BClNO4/c1-17-11-12-21(26)19(13-17)14-20(25-30-23(2,3)24(4,5)31-25)15-27-22(28)29-16-18-9-7-6-8-10-18/h6-14H,15-16H2,1-5H3,(H,27,28). The van der Waals surface area contributed by atoms with Crippen LogP contribution in [0.2, 0.25) is 5.02 Å². The Kier molecular flexibility index (Phi) is 7.15. The highest BCUT2D eigenvalue weighted by Crippen LogP contribution is 2.39. The lowest BCUT2D eigenvalue weighted by Crippen LogP contribution is -2.41. The molecule has 0 bridgehead atoms. The number of hydrogen-bond acceptors (Lipinski definition) is 4. The molecule has 1 aliphatic rings. The van der Waals surface area contributed by atoms with E-state index in [0.717, 1.165) is 22.2 Å². The first-order chi connectivity index (χ1) is 14.6. The van der Waals surface area contributed by atoms with Crippen LogP contribution in [0.3, 0.4) is 0 Å². The summed E-state index contributed by atoms with van der Waals surface area (Å²) in [6.07, 6.45) is 1.40. The number of carbonyl (C=O) groups is 1. The quantitative estimate of drug-likeness (QED) is 0.594. The molecule has 1 fully saturated rings. The number of amides is 1. The average Bonchev–Trinajstić information content (AvgIpc) is 2.94. The molecule has 1 amide bonds. The van der Waals surface area contributed by atoms with E-state index in [2.05, 4.69) is 5.32 Å². The summed E-state index contributed by atoms with van der Waals surface area (Å²) in [6.45, 7) is 10.4. The molecule has 1 heterocycles. The zero-order valence-corrected chi connectivity index (χ0v) is 19.5. The van der Waals surface area contributed by atoms with Crippen molar-refractivity contribution in [1.29, 1.82) is 0 Å². The Morgan fingerprint density at radius 2 is 1.74 bits per heavy atom. The van der Waals surface area contributed by atoms with Crippen molar-refractivity contribution in [1.82, 2.24) is 5.32 Å². The van der Waals surface area contributed by atoms with Crippen molar-refractivity contribution in [2.45, 2.75) is 52.4 Å². The average molecular weight is 442 g/mol. The molecule has 0 unspecified atom stereocenters. The molecule has 0 saturated carbocycles.